The van der Waals surface area contributed by atoms with Crippen molar-refractivity contribution in [3.63, 3.8) is 0 Å². The van der Waals surface area contributed by atoms with Gasteiger partial charge in [-0.25, -0.2) is 12.7 Å². The van der Waals surface area contributed by atoms with Crippen LogP contribution in [0.1, 0.15) is 46.0 Å². The van der Waals surface area contributed by atoms with Crippen LogP contribution < -0.4 is 5.32 Å². The van der Waals surface area contributed by atoms with Crippen molar-refractivity contribution in [2.45, 2.75) is 58.0 Å². The van der Waals surface area contributed by atoms with Gasteiger partial charge in [0, 0.05) is 25.2 Å². The number of hydrogen-bond donors (Lipinski definition) is 1. The van der Waals surface area contributed by atoms with Crippen LogP contribution in [0.3, 0.4) is 0 Å². The molecule has 1 atom stereocenters. The summed E-state index contributed by atoms with van der Waals surface area (Å²) in [5, 5.41) is 3.66. The first-order chi connectivity index (χ1) is 7.97. The Labute approximate surface area is 106 Å². The van der Waals surface area contributed by atoms with Gasteiger partial charge in [0.25, 0.3) is 0 Å². The Morgan fingerprint density at radius 3 is 2.29 bits per heavy atom. The lowest BCUT2D eigenvalue weighted by molar-refractivity contribution is 0.267. The Kier molecular flexibility index (Phi) is 5.89. The molecule has 1 aliphatic rings. The summed E-state index contributed by atoms with van der Waals surface area (Å²) in [7, 11) is -2.99. The summed E-state index contributed by atoms with van der Waals surface area (Å²) in [5.41, 5.74) is 0. The van der Waals surface area contributed by atoms with E-state index in [-0.39, 0.29) is 0 Å². The maximum absolute atomic E-state index is 11.4. The molecule has 0 amide bonds. The Hall–Kier alpha value is -0.130. The molecule has 0 aromatic heterocycles. The average molecular weight is 262 g/mol. The predicted octanol–water partition coefficient (Wildman–Crippen LogP) is 1.58. The number of rotatable bonds is 6. The molecule has 0 aromatic rings. The monoisotopic (exact) mass is 262 g/mol. The summed E-state index contributed by atoms with van der Waals surface area (Å²) in [5.74, 6) is 0. The number of nitrogens with zero attached hydrogens (tertiary/aromatic N) is 1. The number of nitrogens with one attached hydrogen (secondary N) is 1. The third kappa shape index (κ3) is 4.94. The molecule has 0 aliphatic carbocycles. The summed E-state index contributed by atoms with van der Waals surface area (Å²) < 4.78 is 24.3. The topological polar surface area (TPSA) is 49.4 Å². The lowest BCUT2D eigenvalue weighted by Gasteiger charge is -2.33. The number of sulfonamides is 1. The molecule has 1 aliphatic heterocycles. The van der Waals surface area contributed by atoms with Gasteiger partial charge < -0.3 is 5.32 Å². The zero-order valence-corrected chi connectivity index (χ0v) is 12.1. The normalized spacial score (nSPS) is 21.6. The molecule has 0 saturated carbocycles. The van der Waals surface area contributed by atoms with Gasteiger partial charge in [0.2, 0.25) is 10.0 Å². The fourth-order valence-electron chi connectivity index (χ4n) is 2.44. The molecule has 0 spiro atoms. The summed E-state index contributed by atoms with van der Waals surface area (Å²) in [6, 6.07) is 1.08. The zero-order chi connectivity index (χ0) is 12.9. The zero-order valence-electron chi connectivity index (χ0n) is 11.3. The molecule has 17 heavy (non-hydrogen) atoms. The quantitative estimate of drug-likeness (QED) is 0.790. The molecular formula is C12H26N2O2S. The van der Waals surface area contributed by atoms with Gasteiger partial charge in [-0.3, -0.25) is 0 Å². The largest absolute Gasteiger partial charge is 0.311 e. The van der Waals surface area contributed by atoms with Crippen LogP contribution in [0.4, 0.5) is 0 Å². The van der Waals surface area contributed by atoms with Gasteiger partial charge in [-0.15, -0.1) is 0 Å². The van der Waals surface area contributed by atoms with Crippen molar-refractivity contribution in [1.82, 2.24) is 9.62 Å². The van der Waals surface area contributed by atoms with Crippen LogP contribution in [0.5, 0.6) is 0 Å². The molecular weight excluding hydrogens is 236 g/mol. The van der Waals surface area contributed by atoms with E-state index in [0.29, 0.717) is 25.2 Å². The Morgan fingerprint density at radius 1 is 1.29 bits per heavy atom. The van der Waals surface area contributed by atoms with Gasteiger partial charge in [-0.05, 0) is 25.7 Å². The third-order valence-corrected chi connectivity index (χ3v) is 4.83. The van der Waals surface area contributed by atoms with Crippen molar-refractivity contribution in [2.75, 3.05) is 19.3 Å². The van der Waals surface area contributed by atoms with Gasteiger partial charge in [-0.1, -0.05) is 20.3 Å². The van der Waals surface area contributed by atoms with Crippen LogP contribution in [0.2, 0.25) is 0 Å². The highest BCUT2D eigenvalue weighted by molar-refractivity contribution is 7.88. The molecule has 1 N–H and O–H groups in total. The second-order valence-corrected chi connectivity index (χ2v) is 6.98. The van der Waals surface area contributed by atoms with Gasteiger partial charge in [-0.2, -0.15) is 0 Å². The van der Waals surface area contributed by atoms with Crippen molar-refractivity contribution in [3.8, 4) is 0 Å². The van der Waals surface area contributed by atoms with Gasteiger partial charge >= 0.3 is 0 Å². The Balaban J connectivity index is 2.36. The molecule has 0 bridgehead atoms. The molecule has 1 heterocycles. The Bertz CT molecular complexity index is 308. The van der Waals surface area contributed by atoms with Crippen molar-refractivity contribution in [2.24, 2.45) is 0 Å². The van der Waals surface area contributed by atoms with Crippen molar-refractivity contribution in [1.29, 1.82) is 0 Å². The first-order valence-corrected chi connectivity index (χ1v) is 8.53. The highest BCUT2D eigenvalue weighted by atomic mass is 32.2. The number of piperidine rings is 1. The second kappa shape index (κ2) is 6.71. The lowest BCUT2D eigenvalue weighted by Crippen LogP contribution is -2.47. The maximum Gasteiger partial charge on any atom is 0.211 e. The average Bonchev–Trinajstić information content (AvgIpc) is 2.28. The molecule has 1 rings (SSSR count). The van der Waals surface area contributed by atoms with Crippen LogP contribution in [-0.4, -0.2) is 44.2 Å². The van der Waals surface area contributed by atoms with Crippen molar-refractivity contribution >= 4 is 10.0 Å². The van der Waals surface area contributed by atoms with E-state index in [9.17, 15) is 8.42 Å². The molecule has 0 radical (unpaired) electrons. The minimum atomic E-state index is -2.99. The van der Waals surface area contributed by atoms with E-state index < -0.39 is 10.0 Å². The smallest absolute Gasteiger partial charge is 0.211 e. The second-order valence-electron chi connectivity index (χ2n) is 5.00. The van der Waals surface area contributed by atoms with Crippen LogP contribution in [0.15, 0.2) is 0 Å². The third-order valence-electron chi connectivity index (χ3n) is 3.52. The fourth-order valence-corrected chi connectivity index (χ4v) is 3.32. The van der Waals surface area contributed by atoms with E-state index in [1.54, 1.807) is 4.31 Å². The summed E-state index contributed by atoms with van der Waals surface area (Å²) in [6.45, 7) is 5.74. The fraction of sp³-hybridized carbons (Fsp3) is 1.00. The van der Waals surface area contributed by atoms with E-state index in [1.807, 2.05) is 0 Å². The molecule has 1 fully saturated rings. The first kappa shape index (κ1) is 14.9. The van der Waals surface area contributed by atoms with Crippen LogP contribution >= 0.6 is 0 Å². The highest BCUT2D eigenvalue weighted by Gasteiger charge is 2.25. The summed E-state index contributed by atoms with van der Waals surface area (Å²) in [4.78, 5) is 0. The van der Waals surface area contributed by atoms with Gasteiger partial charge in [0.05, 0.1) is 6.26 Å². The Morgan fingerprint density at radius 2 is 1.88 bits per heavy atom. The molecule has 0 aromatic carbocycles. The van der Waals surface area contributed by atoms with Crippen molar-refractivity contribution in [3.05, 3.63) is 0 Å². The van der Waals surface area contributed by atoms with E-state index in [4.69, 9.17) is 0 Å². The molecule has 4 nitrogen and oxygen atoms in total. The van der Waals surface area contributed by atoms with E-state index in [2.05, 4.69) is 19.2 Å². The SMILES string of the molecule is CCCC(CC)NC1CCN(S(C)(=O)=O)CC1. The predicted molar refractivity (Wildman–Crippen MR) is 71.6 cm³/mol. The highest BCUT2D eigenvalue weighted by Crippen LogP contribution is 2.15. The number of hydrogen-bond acceptors (Lipinski definition) is 3. The minimum Gasteiger partial charge on any atom is -0.311 e. The van der Waals surface area contributed by atoms with Crippen LogP contribution in [-0.2, 0) is 10.0 Å². The summed E-state index contributed by atoms with van der Waals surface area (Å²) in [6.07, 6.45) is 6.74. The molecule has 1 unspecified atom stereocenters. The van der Waals surface area contributed by atoms with Crippen LogP contribution in [0, 0.1) is 0 Å². The minimum absolute atomic E-state index is 0.490. The maximum atomic E-state index is 11.4. The van der Waals surface area contributed by atoms with Gasteiger partial charge in [0.1, 0.15) is 0 Å². The van der Waals surface area contributed by atoms with Crippen molar-refractivity contribution < 1.29 is 8.42 Å². The van der Waals surface area contributed by atoms with Gasteiger partial charge in [0.15, 0.2) is 0 Å². The summed E-state index contributed by atoms with van der Waals surface area (Å²) >= 11 is 0. The first-order valence-electron chi connectivity index (χ1n) is 6.68. The lowest BCUT2D eigenvalue weighted by atomic mass is 10.0. The van der Waals surface area contributed by atoms with E-state index in [1.165, 1.54) is 19.1 Å². The molecule has 1 saturated heterocycles. The van der Waals surface area contributed by atoms with E-state index >= 15 is 0 Å². The van der Waals surface area contributed by atoms with E-state index in [0.717, 1.165) is 19.3 Å². The van der Waals surface area contributed by atoms with Crippen LogP contribution in [0.25, 0.3) is 0 Å². The standard InChI is InChI=1S/C12H26N2O2S/c1-4-6-11(5-2)13-12-7-9-14(10-8-12)17(3,15)16/h11-13H,4-10H2,1-3H3. The molecule has 5 heteroatoms. The molecule has 102 valence electrons.